The molecule has 0 unspecified atom stereocenters. The highest BCUT2D eigenvalue weighted by Gasteiger charge is 2.08. The molecule has 0 radical (unpaired) electrons. The molecule has 2 aromatic carbocycles. The van der Waals surface area contributed by atoms with Gasteiger partial charge in [-0.2, -0.15) is 0 Å². The van der Waals surface area contributed by atoms with E-state index in [1.807, 2.05) is 36.2 Å². The van der Waals surface area contributed by atoms with Gasteiger partial charge in [0.1, 0.15) is 11.6 Å². The maximum Gasteiger partial charge on any atom is 0.234 e. The molecule has 23 heavy (non-hydrogen) atoms. The van der Waals surface area contributed by atoms with E-state index in [1.54, 1.807) is 19.2 Å². The third-order valence-corrected chi connectivity index (χ3v) is 3.45. The van der Waals surface area contributed by atoms with E-state index in [2.05, 4.69) is 5.32 Å². The Hall–Kier alpha value is -2.40. The number of carbonyl (C=O) groups excluding carboxylic acids is 1. The van der Waals surface area contributed by atoms with Crippen molar-refractivity contribution in [3.05, 3.63) is 65.5 Å². The van der Waals surface area contributed by atoms with Crippen LogP contribution in [0.5, 0.6) is 5.75 Å². The number of hydrogen-bond acceptors (Lipinski definition) is 3. The minimum absolute atomic E-state index is 0.0690. The number of methoxy groups -OCH3 is 1. The Morgan fingerprint density at radius 3 is 2.57 bits per heavy atom. The highest BCUT2D eigenvalue weighted by Crippen LogP contribution is 2.16. The Balaban J connectivity index is 1.81. The average Bonchev–Trinajstić information content (AvgIpc) is 2.55. The lowest BCUT2D eigenvalue weighted by atomic mass is 10.2. The molecule has 0 saturated heterocycles. The van der Waals surface area contributed by atoms with Crippen LogP contribution in [0.15, 0.2) is 48.5 Å². The lowest BCUT2D eigenvalue weighted by Gasteiger charge is -2.17. The van der Waals surface area contributed by atoms with Gasteiger partial charge in [0.2, 0.25) is 5.91 Å². The minimum Gasteiger partial charge on any atom is -0.496 e. The van der Waals surface area contributed by atoms with Crippen molar-refractivity contribution in [3.63, 3.8) is 0 Å². The summed E-state index contributed by atoms with van der Waals surface area (Å²) in [6.07, 6.45) is 0. The number of amides is 1. The molecule has 4 nitrogen and oxygen atoms in total. The Bertz CT molecular complexity index is 644. The molecule has 0 aromatic heterocycles. The van der Waals surface area contributed by atoms with Gasteiger partial charge in [-0.05, 0) is 30.8 Å². The van der Waals surface area contributed by atoms with Gasteiger partial charge in [-0.3, -0.25) is 9.69 Å². The smallest absolute Gasteiger partial charge is 0.234 e. The van der Waals surface area contributed by atoms with Crippen molar-refractivity contribution in [1.29, 1.82) is 0 Å². The Morgan fingerprint density at radius 1 is 1.17 bits per heavy atom. The number of hydrogen-bond donors (Lipinski definition) is 1. The molecular formula is C18H21FN2O2. The highest BCUT2D eigenvalue weighted by atomic mass is 19.1. The quantitative estimate of drug-likeness (QED) is 0.854. The zero-order valence-electron chi connectivity index (χ0n) is 13.4. The van der Waals surface area contributed by atoms with Crippen molar-refractivity contribution in [3.8, 4) is 5.75 Å². The van der Waals surface area contributed by atoms with Gasteiger partial charge in [0, 0.05) is 18.7 Å². The number of nitrogens with one attached hydrogen (secondary N) is 1. The van der Waals surface area contributed by atoms with Gasteiger partial charge >= 0.3 is 0 Å². The maximum atomic E-state index is 12.9. The van der Waals surface area contributed by atoms with Crippen molar-refractivity contribution in [2.45, 2.75) is 13.1 Å². The molecule has 0 atom stereocenters. The fourth-order valence-electron chi connectivity index (χ4n) is 2.30. The van der Waals surface area contributed by atoms with Crippen LogP contribution in [0.1, 0.15) is 11.1 Å². The van der Waals surface area contributed by atoms with E-state index in [1.165, 1.54) is 12.1 Å². The molecule has 1 N–H and O–H groups in total. The topological polar surface area (TPSA) is 41.6 Å². The predicted molar refractivity (Wildman–Crippen MR) is 87.6 cm³/mol. The SMILES string of the molecule is COc1ccccc1CNC(=O)CN(C)Cc1ccc(F)cc1. The largest absolute Gasteiger partial charge is 0.496 e. The molecule has 0 bridgehead atoms. The third-order valence-electron chi connectivity index (χ3n) is 3.45. The summed E-state index contributed by atoms with van der Waals surface area (Å²) in [5, 5.41) is 2.88. The molecule has 2 rings (SSSR count). The molecule has 0 aliphatic rings. The first-order valence-electron chi connectivity index (χ1n) is 7.40. The Kier molecular flexibility index (Phi) is 6.11. The Morgan fingerprint density at radius 2 is 1.87 bits per heavy atom. The number of ether oxygens (including phenoxy) is 1. The summed E-state index contributed by atoms with van der Waals surface area (Å²) >= 11 is 0. The van der Waals surface area contributed by atoms with E-state index < -0.39 is 0 Å². The van der Waals surface area contributed by atoms with Crippen molar-refractivity contribution >= 4 is 5.91 Å². The first-order chi connectivity index (χ1) is 11.1. The summed E-state index contributed by atoms with van der Waals surface area (Å²) in [6, 6.07) is 13.9. The monoisotopic (exact) mass is 316 g/mol. The summed E-state index contributed by atoms with van der Waals surface area (Å²) in [5.41, 5.74) is 1.90. The fraction of sp³-hybridized carbons (Fsp3) is 0.278. The van der Waals surface area contributed by atoms with E-state index in [0.717, 1.165) is 16.9 Å². The average molecular weight is 316 g/mol. The molecule has 0 fully saturated rings. The van der Waals surface area contributed by atoms with Crippen LogP contribution in [0.3, 0.4) is 0 Å². The lowest BCUT2D eigenvalue weighted by molar-refractivity contribution is -0.122. The number of halogens is 1. The van der Waals surface area contributed by atoms with Gasteiger partial charge < -0.3 is 10.1 Å². The van der Waals surface area contributed by atoms with Crippen LogP contribution < -0.4 is 10.1 Å². The van der Waals surface area contributed by atoms with Crippen LogP contribution in [-0.2, 0) is 17.9 Å². The summed E-state index contributed by atoms with van der Waals surface area (Å²) in [6.45, 7) is 1.28. The van der Waals surface area contributed by atoms with Gasteiger partial charge in [-0.1, -0.05) is 30.3 Å². The van der Waals surface area contributed by atoms with Gasteiger partial charge in [0.25, 0.3) is 0 Å². The summed E-state index contributed by atoms with van der Waals surface area (Å²) in [5.74, 6) is 0.430. The van der Waals surface area contributed by atoms with E-state index in [9.17, 15) is 9.18 Å². The molecule has 0 saturated carbocycles. The first-order valence-corrected chi connectivity index (χ1v) is 7.40. The van der Waals surface area contributed by atoms with Crippen molar-refractivity contribution in [2.24, 2.45) is 0 Å². The van der Waals surface area contributed by atoms with Crippen LogP contribution in [0.2, 0.25) is 0 Å². The van der Waals surface area contributed by atoms with Gasteiger partial charge in [0.15, 0.2) is 0 Å². The normalized spacial score (nSPS) is 10.6. The minimum atomic E-state index is -0.258. The molecule has 122 valence electrons. The first kappa shape index (κ1) is 17.0. The third kappa shape index (κ3) is 5.38. The number of carbonyl (C=O) groups is 1. The van der Waals surface area contributed by atoms with Crippen LogP contribution >= 0.6 is 0 Å². The molecule has 0 aliphatic heterocycles. The molecular weight excluding hydrogens is 295 g/mol. The number of para-hydroxylation sites is 1. The van der Waals surface area contributed by atoms with E-state index in [0.29, 0.717) is 13.1 Å². The lowest BCUT2D eigenvalue weighted by Crippen LogP contribution is -2.34. The van der Waals surface area contributed by atoms with Gasteiger partial charge in [-0.25, -0.2) is 4.39 Å². The number of benzene rings is 2. The molecule has 5 heteroatoms. The van der Waals surface area contributed by atoms with Crippen LogP contribution in [0, 0.1) is 5.82 Å². The van der Waals surface area contributed by atoms with Crippen LogP contribution in [-0.4, -0.2) is 31.5 Å². The summed E-state index contributed by atoms with van der Waals surface area (Å²) in [4.78, 5) is 13.9. The molecule has 1 amide bonds. The highest BCUT2D eigenvalue weighted by molar-refractivity contribution is 5.78. The van der Waals surface area contributed by atoms with Crippen molar-refractivity contribution in [2.75, 3.05) is 20.7 Å². The molecule has 0 heterocycles. The van der Waals surface area contributed by atoms with E-state index in [4.69, 9.17) is 4.74 Å². The molecule has 0 aliphatic carbocycles. The van der Waals surface area contributed by atoms with Crippen molar-refractivity contribution < 1.29 is 13.9 Å². The van der Waals surface area contributed by atoms with E-state index >= 15 is 0 Å². The summed E-state index contributed by atoms with van der Waals surface area (Å²) in [7, 11) is 3.46. The van der Waals surface area contributed by atoms with Crippen LogP contribution in [0.25, 0.3) is 0 Å². The second-order valence-electron chi connectivity index (χ2n) is 5.39. The van der Waals surface area contributed by atoms with E-state index in [-0.39, 0.29) is 18.3 Å². The predicted octanol–water partition coefficient (Wildman–Crippen LogP) is 2.58. The fourth-order valence-corrected chi connectivity index (χ4v) is 2.30. The zero-order chi connectivity index (χ0) is 16.7. The second kappa shape index (κ2) is 8.29. The molecule has 0 spiro atoms. The number of nitrogens with zero attached hydrogens (tertiary/aromatic N) is 1. The van der Waals surface area contributed by atoms with Gasteiger partial charge in [0.05, 0.1) is 13.7 Å². The number of likely N-dealkylation sites (N-methyl/N-ethyl adjacent to an activating group) is 1. The Labute approximate surface area is 135 Å². The van der Waals surface area contributed by atoms with Gasteiger partial charge in [-0.15, -0.1) is 0 Å². The molecule has 2 aromatic rings. The second-order valence-corrected chi connectivity index (χ2v) is 5.39. The summed E-state index contributed by atoms with van der Waals surface area (Å²) < 4.78 is 18.1. The maximum absolute atomic E-state index is 12.9. The van der Waals surface area contributed by atoms with Crippen LogP contribution in [0.4, 0.5) is 4.39 Å². The standard InChI is InChI=1S/C18H21FN2O2/c1-21(12-14-7-9-16(19)10-8-14)13-18(22)20-11-15-5-3-4-6-17(15)23-2/h3-10H,11-13H2,1-2H3,(H,20,22). The van der Waals surface area contributed by atoms with Crippen molar-refractivity contribution in [1.82, 2.24) is 10.2 Å². The zero-order valence-corrected chi connectivity index (χ0v) is 13.4. The number of rotatable bonds is 7.